The molecule has 2 aliphatic rings. The van der Waals surface area contributed by atoms with E-state index < -0.39 is 11.7 Å². The third-order valence-corrected chi connectivity index (χ3v) is 7.91. The molecule has 1 aromatic heterocycles. The molecule has 1 spiro atoms. The maximum absolute atomic E-state index is 13.5. The van der Waals surface area contributed by atoms with Gasteiger partial charge in [0.25, 0.3) is 0 Å². The van der Waals surface area contributed by atoms with Gasteiger partial charge in [-0.1, -0.05) is 12.1 Å². The van der Waals surface area contributed by atoms with E-state index in [4.69, 9.17) is 5.26 Å². The molecule has 0 aliphatic carbocycles. The van der Waals surface area contributed by atoms with Gasteiger partial charge in [0.2, 0.25) is 5.91 Å². The molecule has 36 heavy (non-hydrogen) atoms. The summed E-state index contributed by atoms with van der Waals surface area (Å²) >= 11 is 0. The van der Waals surface area contributed by atoms with Crippen LogP contribution in [0.25, 0.3) is 10.9 Å². The average Bonchev–Trinajstić information content (AvgIpc) is 3.49. The van der Waals surface area contributed by atoms with E-state index in [0.717, 1.165) is 24.7 Å². The van der Waals surface area contributed by atoms with Crippen LogP contribution in [0.3, 0.4) is 0 Å². The van der Waals surface area contributed by atoms with Gasteiger partial charge in [-0.2, -0.15) is 18.4 Å². The molecule has 188 valence electrons. The van der Waals surface area contributed by atoms with Crippen LogP contribution in [0.2, 0.25) is 0 Å². The van der Waals surface area contributed by atoms with Crippen LogP contribution in [0.4, 0.5) is 18.9 Å². The summed E-state index contributed by atoms with van der Waals surface area (Å²) in [7, 11) is 1.66. The summed E-state index contributed by atoms with van der Waals surface area (Å²) in [6.07, 6.45) is -1.25. The largest absolute Gasteiger partial charge is 0.417 e. The van der Waals surface area contributed by atoms with Gasteiger partial charge in [0.05, 0.1) is 23.1 Å². The second kappa shape index (κ2) is 9.17. The number of fused-ring (bicyclic) bond motifs is 1. The van der Waals surface area contributed by atoms with Gasteiger partial charge in [-0.3, -0.25) is 9.69 Å². The number of nitriles is 1. The van der Waals surface area contributed by atoms with Crippen molar-refractivity contribution in [1.82, 2.24) is 15.2 Å². The van der Waals surface area contributed by atoms with Crippen molar-refractivity contribution in [3.05, 3.63) is 65.4 Å². The average molecular weight is 496 g/mol. The Hall–Kier alpha value is -3.51. The maximum Gasteiger partial charge on any atom is 0.417 e. The predicted octanol–water partition coefficient (Wildman–Crippen LogP) is 4.52. The molecule has 2 fully saturated rings. The van der Waals surface area contributed by atoms with E-state index in [1.807, 2.05) is 23.2 Å². The lowest BCUT2D eigenvalue weighted by molar-refractivity contribution is -0.137. The Bertz CT molecular complexity index is 1320. The number of rotatable bonds is 4. The summed E-state index contributed by atoms with van der Waals surface area (Å²) in [6.45, 7) is 3.26. The number of H-pyrrole nitrogens is 1. The molecule has 0 radical (unpaired) electrons. The number of hydrogen-bond acceptors (Lipinski definition) is 4. The highest BCUT2D eigenvalue weighted by Crippen LogP contribution is 2.46. The highest BCUT2D eigenvalue weighted by molar-refractivity contribution is 5.83. The Morgan fingerprint density at radius 1 is 1.22 bits per heavy atom. The molecule has 2 aromatic carbocycles. The molecule has 2 aliphatic heterocycles. The summed E-state index contributed by atoms with van der Waals surface area (Å²) < 4.78 is 40.4. The number of nitrogens with zero attached hydrogens (tertiary/aromatic N) is 3. The number of likely N-dealkylation sites (tertiary alicyclic amines) is 1. The quantitative estimate of drug-likeness (QED) is 0.558. The minimum atomic E-state index is -4.59. The van der Waals surface area contributed by atoms with Crippen LogP contribution in [-0.2, 0) is 17.5 Å². The third-order valence-electron chi connectivity index (χ3n) is 7.91. The van der Waals surface area contributed by atoms with Crippen molar-refractivity contribution in [3.8, 4) is 6.07 Å². The Morgan fingerprint density at radius 2 is 2.00 bits per heavy atom. The fourth-order valence-corrected chi connectivity index (χ4v) is 6.03. The Balaban J connectivity index is 1.35. The number of nitrogens with one attached hydrogen (secondary N) is 2. The van der Waals surface area contributed by atoms with Crippen LogP contribution >= 0.6 is 0 Å². The molecule has 2 saturated heterocycles. The summed E-state index contributed by atoms with van der Waals surface area (Å²) in [5, 5.41) is 13.1. The molecule has 3 aromatic rings. The van der Waals surface area contributed by atoms with E-state index in [1.165, 1.54) is 17.0 Å². The zero-order valence-electron chi connectivity index (χ0n) is 20.0. The zero-order valence-corrected chi connectivity index (χ0v) is 20.0. The van der Waals surface area contributed by atoms with Crippen molar-refractivity contribution in [1.29, 1.82) is 5.26 Å². The molecule has 3 heterocycles. The monoisotopic (exact) mass is 495 g/mol. The Morgan fingerprint density at radius 3 is 2.69 bits per heavy atom. The topological polar surface area (TPSA) is 75.2 Å². The molecular formula is C27H28F3N5O. The van der Waals surface area contributed by atoms with Crippen LogP contribution in [-0.4, -0.2) is 49.0 Å². The number of carbonyl (C=O) groups is 1. The minimum absolute atomic E-state index is 0.0172. The molecule has 5 rings (SSSR count). The first-order valence-corrected chi connectivity index (χ1v) is 12.1. The van der Waals surface area contributed by atoms with Crippen LogP contribution < -0.4 is 10.2 Å². The molecule has 1 unspecified atom stereocenters. The number of carbonyl (C=O) groups excluding carboxylic acids is 1. The molecular weight excluding hydrogens is 467 g/mol. The molecule has 0 saturated carbocycles. The molecule has 9 heteroatoms. The molecule has 1 atom stereocenters. The number of alkyl halides is 3. The van der Waals surface area contributed by atoms with Crippen molar-refractivity contribution in [2.45, 2.75) is 25.6 Å². The zero-order chi connectivity index (χ0) is 25.5. The van der Waals surface area contributed by atoms with Gasteiger partial charge in [-0.25, -0.2) is 0 Å². The smallest absolute Gasteiger partial charge is 0.371 e. The first kappa shape index (κ1) is 24.2. The highest BCUT2D eigenvalue weighted by Gasteiger charge is 2.51. The van der Waals surface area contributed by atoms with Crippen molar-refractivity contribution < 1.29 is 18.0 Å². The van der Waals surface area contributed by atoms with Crippen molar-refractivity contribution in [2.24, 2.45) is 11.3 Å². The fourth-order valence-electron chi connectivity index (χ4n) is 6.03. The number of hydrogen-bond donors (Lipinski definition) is 2. The molecule has 2 N–H and O–H groups in total. The number of benzene rings is 2. The van der Waals surface area contributed by atoms with Gasteiger partial charge in [0.15, 0.2) is 0 Å². The van der Waals surface area contributed by atoms with Crippen molar-refractivity contribution in [2.75, 3.05) is 38.1 Å². The highest BCUT2D eigenvalue weighted by atomic mass is 19.4. The van der Waals surface area contributed by atoms with Crippen molar-refractivity contribution >= 4 is 22.5 Å². The first-order chi connectivity index (χ1) is 17.2. The second-order valence-electron chi connectivity index (χ2n) is 9.88. The first-order valence-electron chi connectivity index (χ1n) is 12.1. The lowest BCUT2D eigenvalue weighted by Crippen LogP contribution is -2.48. The van der Waals surface area contributed by atoms with Crippen LogP contribution in [0.1, 0.15) is 29.5 Å². The Kier molecular flexibility index (Phi) is 6.17. The predicted molar refractivity (Wildman–Crippen MR) is 131 cm³/mol. The summed E-state index contributed by atoms with van der Waals surface area (Å²) in [5.74, 6) is -0.162. The van der Waals surface area contributed by atoms with E-state index in [0.29, 0.717) is 38.2 Å². The number of amides is 1. The SMILES string of the molecule is CNC(=O)C1CN(Cc2cccc3[nH]ccc23)CC12CCN(c1ccc(C#N)c(C(F)(F)F)c1)CC2. The van der Waals surface area contributed by atoms with E-state index >= 15 is 0 Å². The van der Waals surface area contributed by atoms with E-state index in [-0.39, 0.29) is 22.8 Å². The molecule has 6 nitrogen and oxygen atoms in total. The summed E-state index contributed by atoms with van der Waals surface area (Å²) in [6, 6.07) is 13.8. The van der Waals surface area contributed by atoms with Crippen LogP contribution in [0.15, 0.2) is 48.7 Å². The number of aromatic amines is 1. The summed E-state index contributed by atoms with van der Waals surface area (Å²) in [5.41, 5.74) is 1.23. The number of anilines is 1. The number of piperidine rings is 1. The van der Waals surface area contributed by atoms with Gasteiger partial charge in [0.1, 0.15) is 0 Å². The summed E-state index contributed by atoms with van der Waals surface area (Å²) in [4.78, 5) is 20.4. The van der Waals surface area contributed by atoms with Crippen LogP contribution in [0.5, 0.6) is 0 Å². The maximum atomic E-state index is 13.5. The van der Waals surface area contributed by atoms with E-state index in [1.54, 1.807) is 19.2 Å². The fraction of sp³-hybridized carbons (Fsp3) is 0.407. The van der Waals surface area contributed by atoms with E-state index in [9.17, 15) is 18.0 Å². The van der Waals surface area contributed by atoms with E-state index in [2.05, 4.69) is 27.3 Å². The van der Waals surface area contributed by atoms with Gasteiger partial charge in [-0.05, 0) is 54.2 Å². The minimum Gasteiger partial charge on any atom is -0.371 e. The third kappa shape index (κ3) is 4.30. The lowest BCUT2D eigenvalue weighted by atomic mass is 9.70. The standard InChI is InChI=1S/C27H28F3N5O/c1-32-25(36)23-16-34(15-19-3-2-4-24-21(19)7-10-33-24)17-26(23)8-11-35(12-9-26)20-6-5-18(14-31)22(13-20)27(28,29)30/h2-7,10,13,23,33H,8-9,11-12,15-17H2,1H3,(H,32,36). The Labute approximate surface area is 207 Å². The molecule has 0 bridgehead atoms. The number of aromatic nitrogens is 1. The van der Waals surface area contributed by atoms with Gasteiger partial charge < -0.3 is 15.2 Å². The normalized spacial score (nSPS) is 20.1. The second-order valence-corrected chi connectivity index (χ2v) is 9.88. The van der Waals surface area contributed by atoms with Gasteiger partial charge >= 0.3 is 6.18 Å². The van der Waals surface area contributed by atoms with Gasteiger partial charge in [-0.15, -0.1) is 0 Å². The van der Waals surface area contributed by atoms with Gasteiger partial charge in [0, 0.05) is 62.6 Å². The lowest BCUT2D eigenvalue weighted by Gasteiger charge is -2.43. The van der Waals surface area contributed by atoms with Crippen molar-refractivity contribution in [3.63, 3.8) is 0 Å². The number of halogens is 3. The molecule has 1 amide bonds. The van der Waals surface area contributed by atoms with Crippen LogP contribution in [0, 0.1) is 22.7 Å².